The summed E-state index contributed by atoms with van der Waals surface area (Å²) in [6.45, 7) is 5.01. The van der Waals surface area contributed by atoms with Crippen LogP contribution in [-0.2, 0) is 5.41 Å². The lowest BCUT2D eigenvalue weighted by molar-refractivity contribution is 0.435. The third kappa shape index (κ3) is 5.60. The molecule has 2 fully saturated rings. The van der Waals surface area contributed by atoms with Crippen molar-refractivity contribution in [2.24, 2.45) is 5.92 Å². The first-order valence-electron chi connectivity index (χ1n) is 11.0. The van der Waals surface area contributed by atoms with Crippen LogP contribution in [0.4, 0.5) is 11.8 Å². The SMILES string of the molecule is CC1CCCN(c2cc(Cl)nc(NC(=S)NCC3(c4ccc(Cl)cc4)CCCC3)n2)C1. The third-order valence-electron chi connectivity index (χ3n) is 6.49. The van der Waals surface area contributed by atoms with Gasteiger partial charge in [-0.15, -0.1) is 0 Å². The first kappa shape index (κ1) is 22.6. The molecule has 8 heteroatoms. The van der Waals surface area contributed by atoms with E-state index in [1.54, 1.807) is 0 Å². The molecule has 4 rings (SSSR count). The summed E-state index contributed by atoms with van der Waals surface area (Å²) in [5, 5.41) is 8.24. The molecule has 0 radical (unpaired) electrons. The first-order valence-corrected chi connectivity index (χ1v) is 12.2. The van der Waals surface area contributed by atoms with E-state index in [4.69, 9.17) is 35.4 Å². The number of piperidine rings is 1. The average Bonchev–Trinajstić information content (AvgIpc) is 3.22. The number of anilines is 2. The minimum absolute atomic E-state index is 0.0701. The lowest BCUT2D eigenvalue weighted by Crippen LogP contribution is -2.41. The van der Waals surface area contributed by atoms with Crippen molar-refractivity contribution in [2.75, 3.05) is 29.9 Å². The maximum absolute atomic E-state index is 6.29. The van der Waals surface area contributed by atoms with Crippen LogP contribution in [-0.4, -0.2) is 34.7 Å². The molecule has 0 amide bonds. The highest BCUT2D eigenvalue weighted by Gasteiger charge is 2.35. The number of nitrogens with zero attached hydrogens (tertiary/aromatic N) is 3. The minimum atomic E-state index is 0.0701. The number of thiocarbonyl (C=S) groups is 1. The number of hydrogen-bond donors (Lipinski definition) is 2. The third-order valence-corrected chi connectivity index (χ3v) is 7.18. The van der Waals surface area contributed by atoms with Gasteiger partial charge in [0.2, 0.25) is 5.95 Å². The maximum Gasteiger partial charge on any atom is 0.232 e. The van der Waals surface area contributed by atoms with Crippen LogP contribution in [0.15, 0.2) is 30.3 Å². The monoisotopic (exact) mass is 477 g/mol. The molecule has 2 heterocycles. The van der Waals surface area contributed by atoms with Crippen molar-refractivity contribution >= 4 is 52.3 Å². The number of rotatable bonds is 5. The van der Waals surface area contributed by atoms with Crippen molar-refractivity contribution in [2.45, 2.75) is 50.9 Å². The molecule has 1 aliphatic heterocycles. The summed E-state index contributed by atoms with van der Waals surface area (Å²) in [4.78, 5) is 11.3. The molecule has 2 aliphatic rings. The van der Waals surface area contributed by atoms with Crippen molar-refractivity contribution in [3.8, 4) is 0 Å². The van der Waals surface area contributed by atoms with E-state index in [2.05, 4.69) is 44.6 Å². The van der Waals surface area contributed by atoms with Gasteiger partial charge in [0.05, 0.1) is 0 Å². The van der Waals surface area contributed by atoms with Crippen molar-refractivity contribution in [3.63, 3.8) is 0 Å². The summed E-state index contributed by atoms with van der Waals surface area (Å²) in [5.41, 5.74) is 1.38. The fourth-order valence-electron chi connectivity index (χ4n) is 4.84. The summed E-state index contributed by atoms with van der Waals surface area (Å²) in [6.07, 6.45) is 7.13. The van der Waals surface area contributed by atoms with Crippen LogP contribution in [0.2, 0.25) is 10.2 Å². The van der Waals surface area contributed by atoms with E-state index in [1.165, 1.54) is 24.8 Å². The van der Waals surface area contributed by atoms with Crippen LogP contribution in [0, 0.1) is 5.92 Å². The Kier molecular flexibility index (Phi) is 7.19. The lowest BCUT2D eigenvalue weighted by atomic mass is 9.79. The van der Waals surface area contributed by atoms with Crippen LogP contribution in [0.25, 0.3) is 0 Å². The quantitative estimate of drug-likeness (QED) is 0.417. The van der Waals surface area contributed by atoms with Crippen LogP contribution in [0.3, 0.4) is 0 Å². The van der Waals surface area contributed by atoms with Gasteiger partial charge in [-0.05, 0) is 61.5 Å². The highest BCUT2D eigenvalue weighted by Crippen LogP contribution is 2.41. The molecule has 1 atom stereocenters. The van der Waals surface area contributed by atoms with E-state index in [0.29, 0.717) is 22.1 Å². The van der Waals surface area contributed by atoms with Gasteiger partial charge in [0.1, 0.15) is 11.0 Å². The molecule has 1 aromatic carbocycles. The maximum atomic E-state index is 6.29. The number of aromatic nitrogens is 2. The highest BCUT2D eigenvalue weighted by molar-refractivity contribution is 7.80. The van der Waals surface area contributed by atoms with Crippen molar-refractivity contribution in [1.82, 2.24) is 15.3 Å². The predicted molar refractivity (Wildman–Crippen MR) is 133 cm³/mol. The normalized spacial score (nSPS) is 20.5. The standard InChI is InChI=1S/C23H29Cl2N5S/c1-16-5-4-12-30(14-16)20-13-19(25)27-21(28-20)29-22(31)26-15-23(10-2-3-11-23)17-6-8-18(24)9-7-17/h6-9,13,16H,2-5,10-12,14-15H2,1H3,(H2,26,27,28,29,31). The second-order valence-corrected chi connectivity index (χ2v) is 10.1. The van der Waals surface area contributed by atoms with Crippen LogP contribution in [0.5, 0.6) is 0 Å². The molecule has 166 valence electrons. The molecule has 31 heavy (non-hydrogen) atoms. The van der Waals surface area contributed by atoms with Gasteiger partial charge >= 0.3 is 0 Å². The summed E-state index contributed by atoms with van der Waals surface area (Å²) in [5.74, 6) is 1.94. The number of halogens is 2. The lowest BCUT2D eigenvalue weighted by Gasteiger charge is -2.32. The van der Waals surface area contributed by atoms with Crippen molar-refractivity contribution in [3.05, 3.63) is 46.1 Å². The summed E-state index contributed by atoms with van der Waals surface area (Å²) >= 11 is 18.0. The molecule has 1 unspecified atom stereocenters. The fraction of sp³-hybridized carbons (Fsp3) is 0.522. The van der Waals surface area contributed by atoms with Gasteiger partial charge in [0.15, 0.2) is 5.11 Å². The van der Waals surface area contributed by atoms with Crippen LogP contribution < -0.4 is 15.5 Å². The molecule has 0 spiro atoms. The van der Waals surface area contributed by atoms with Gasteiger partial charge in [-0.1, -0.05) is 55.1 Å². The molecule has 2 N–H and O–H groups in total. The van der Waals surface area contributed by atoms with Gasteiger partial charge in [0, 0.05) is 36.1 Å². The number of nitrogens with one attached hydrogen (secondary N) is 2. The average molecular weight is 478 g/mol. The largest absolute Gasteiger partial charge is 0.361 e. The predicted octanol–water partition coefficient (Wildman–Crippen LogP) is 5.82. The highest BCUT2D eigenvalue weighted by atomic mass is 35.5. The molecule has 1 saturated carbocycles. The Morgan fingerprint density at radius 3 is 2.61 bits per heavy atom. The fourth-order valence-corrected chi connectivity index (χ4v) is 5.31. The Morgan fingerprint density at radius 2 is 1.90 bits per heavy atom. The Morgan fingerprint density at radius 1 is 1.16 bits per heavy atom. The van der Waals surface area contributed by atoms with E-state index in [-0.39, 0.29) is 5.41 Å². The van der Waals surface area contributed by atoms with Gasteiger partial charge in [-0.2, -0.15) is 4.98 Å². The Labute approximate surface area is 199 Å². The van der Waals surface area contributed by atoms with E-state index in [9.17, 15) is 0 Å². The van der Waals surface area contributed by atoms with Gasteiger partial charge in [-0.3, -0.25) is 0 Å². The topological polar surface area (TPSA) is 53.1 Å². The molecular weight excluding hydrogens is 449 g/mol. The van der Waals surface area contributed by atoms with E-state index in [0.717, 1.165) is 49.7 Å². The summed E-state index contributed by atoms with van der Waals surface area (Å²) in [6, 6.07) is 10.0. The number of hydrogen-bond acceptors (Lipinski definition) is 4. The van der Waals surface area contributed by atoms with Crippen molar-refractivity contribution in [1.29, 1.82) is 0 Å². The molecule has 1 aliphatic carbocycles. The Hall–Kier alpha value is -1.63. The molecular formula is C23H29Cl2N5S. The zero-order valence-electron chi connectivity index (χ0n) is 17.8. The van der Waals surface area contributed by atoms with E-state index >= 15 is 0 Å². The minimum Gasteiger partial charge on any atom is -0.361 e. The van der Waals surface area contributed by atoms with Gasteiger partial charge < -0.3 is 15.5 Å². The Bertz CT molecular complexity index is 915. The zero-order chi connectivity index (χ0) is 21.8. The van der Waals surface area contributed by atoms with Crippen LogP contribution in [0.1, 0.15) is 51.0 Å². The summed E-state index contributed by atoms with van der Waals surface area (Å²) < 4.78 is 0. The molecule has 2 aromatic rings. The van der Waals surface area contributed by atoms with E-state index in [1.807, 2.05) is 18.2 Å². The molecule has 1 aromatic heterocycles. The smallest absolute Gasteiger partial charge is 0.232 e. The van der Waals surface area contributed by atoms with Gasteiger partial charge in [0.25, 0.3) is 0 Å². The zero-order valence-corrected chi connectivity index (χ0v) is 20.2. The van der Waals surface area contributed by atoms with Gasteiger partial charge in [-0.25, -0.2) is 4.98 Å². The Balaban J connectivity index is 1.42. The van der Waals surface area contributed by atoms with Crippen LogP contribution >= 0.6 is 35.4 Å². The second-order valence-electron chi connectivity index (χ2n) is 8.87. The molecule has 1 saturated heterocycles. The second kappa shape index (κ2) is 9.88. The first-order chi connectivity index (χ1) is 14.9. The van der Waals surface area contributed by atoms with Crippen molar-refractivity contribution < 1.29 is 0 Å². The summed E-state index contributed by atoms with van der Waals surface area (Å²) in [7, 11) is 0. The molecule has 5 nitrogen and oxygen atoms in total. The number of benzene rings is 1. The molecule has 0 bridgehead atoms. The van der Waals surface area contributed by atoms with E-state index < -0.39 is 0 Å².